The Morgan fingerprint density at radius 2 is 1.75 bits per heavy atom. The molecule has 2 nitrogen and oxygen atoms in total. The van der Waals surface area contributed by atoms with Crippen LogP contribution in [-0.2, 0) is 6.54 Å². The average Bonchev–Trinajstić information content (AvgIpc) is 3.17. The predicted molar refractivity (Wildman–Crippen MR) is 86.5 cm³/mol. The summed E-state index contributed by atoms with van der Waals surface area (Å²) in [6.07, 6.45) is 9.67. The van der Waals surface area contributed by atoms with Gasteiger partial charge in [-0.2, -0.15) is 0 Å². The monoisotopic (exact) mass is 292 g/mol. The maximum absolute atomic E-state index is 5.08. The molecule has 3 heteroatoms. The van der Waals surface area contributed by atoms with Crippen LogP contribution in [0.4, 0.5) is 0 Å². The minimum Gasteiger partial charge on any atom is -0.307 e. The number of nitrogens with one attached hydrogen (secondary N) is 1. The Labute approximate surface area is 127 Å². The van der Waals surface area contributed by atoms with Gasteiger partial charge in [0, 0.05) is 28.8 Å². The lowest BCUT2D eigenvalue weighted by atomic mass is 9.90. The van der Waals surface area contributed by atoms with Crippen LogP contribution in [0.15, 0.2) is 0 Å². The van der Waals surface area contributed by atoms with Crippen LogP contribution in [0.25, 0.3) is 0 Å². The molecule has 2 saturated carbocycles. The molecule has 2 aliphatic rings. The van der Waals surface area contributed by atoms with Gasteiger partial charge in [-0.25, -0.2) is 4.98 Å². The van der Waals surface area contributed by atoms with Crippen molar-refractivity contribution in [3.05, 3.63) is 15.6 Å². The molecule has 0 atom stereocenters. The van der Waals surface area contributed by atoms with Crippen molar-refractivity contribution >= 4 is 11.3 Å². The summed E-state index contributed by atoms with van der Waals surface area (Å²) < 4.78 is 0. The normalized spacial score (nSPS) is 21.4. The maximum atomic E-state index is 5.08. The van der Waals surface area contributed by atoms with Gasteiger partial charge in [0.25, 0.3) is 0 Å². The second kappa shape index (κ2) is 5.76. The molecule has 3 rings (SSSR count). The maximum Gasteiger partial charge on any atom is 0.0962 e. The molecular weight excluding hydrogens is 264 g/mol. The number of nitrogens with zero attached hydrogens (tertiary/aromatic N) is 1. The molecule has 0 radical (unpaired) electrons. The molecule has 0 unspecified atom stereocenters. The third kappa shape index (κ3) is 3.62. The lowest BCUT2D eigenvalue weighted by Gasteiger charge is -2.20. The molecule has 112 valence electrons. The van der Waals surface area contributed by atoms with Gasteiger partial charge in [0.15, 0.2) is 0 Å². The van der Waals surface area contributed by atoms with Crippen molar-refractivity contribution in [3.63, 3.8) is 0 Å². The molecule has 1 aromatic heterocycles. The van der Waals surface area contributed by atoms with E-state index in [1.165, 1.54) is 60.5 Å². The molecule has 1 aromatic rings. The third-order valence-electron chi connectivity index (χ3n) is 4.44. The first-order valence-corrected chi connectivity index (χ1v) is 9.09. The fourth-order valence-electron chi connectivity index (χ4n) is 3.05. The highest BCUT2D eigenvalue weighted by Gasteiger charge is 2.31. The summed E-state index contributed by atoms with van der Waals surface area (Å²) in [4.78, 5) is 6.59. The van der Waals surface area contributed by atoms with Gasteiger partial charge in [-0.3, -0.25) is 0 Å². The van der Waals surface area contributed by atoms with E-state index in [-0.39, 0.29) is 5.54 Å². The highest BCUT2D eigenvalue weighted by atomic mass is 32.1. The van der Waals surface area contributed by atoms with Crippen LogP contribution >= 0.6 is 11.3 Å². The standard InChI is InChI=1S/C17H28N2S/c1-17(2,3)18-11-14-15(12-9-10-12)19-16(20-14)13-7-5-4-6-8-13/h12-13,18H,4-11H2,1-3H3. The quantitative estimate of drug-likeness (QED) is 0.848. The molecule has 0 spiro atoms. The lowest BCUT2D eigenvalue weighted by Crippen LogP contribution is -2.35. The summed E-state index contributed by atoms with van der Waals surface area (Å²) in [5.41, 5.74) is 1.63. The SMILES string of the molecule is CC(C)(C)NCc1sc(C2CCCCC2)nc1C1CC1. The summed E-state index contributed by atoms with van der Waals surface area (Å²) in [6, 6.07) is 0. The second-order valence-electron chi connectivity index (χ2n) is 7.57. The van der Waals surface area contributed by atoms with Crippen molar-refractivity contribution in [3.8, 4) is 0 Å². The average molecular weight is 292 g/mol. The Balaban J connectivity index is 1.75. The van der Waals surface area contributed by atoms with Gasteiger partial charge >= 0.3 is 0 Å². The lowest BCUT2D eigenvalue weighted by molar-refractivity contribution is 0.425. The van der Waals surface area contributed by atoms with Crippen LogP contribution in [0.2, 0.25) is 0 Å². The molecule has 2 fully saturated rings. The smallest absolute Gasteiger partial charge is 0.0962 e. The van der Waals surface area contributed by atoms with Gasteiger partial charge in [0.2, 0.25) is 0 Å². The molecular formula is C17H28N2S. The zero-order chi connectivity index (χ0) is 14.2. The van der Waals surface area contributed by atoms with E-state index in [4.69, 9.17) is 4.98 Å². The van der Waals surface area contributed by atoms with Crippen molar-refractivity contribution in [1.29, 1.82) is 0 Å². The Morgan fingerprint density at radius 3 is 2.35 bits per heavy atom. The minimum absolute atomic E-state index is 0.190. The highest BCUT2D eigenvalue weighted by molar-refractivity contribution is 7.11. The van der Waals surface area contributed by atoms with E-state index in [2.05, 4.69) is 26.1 Å². The topological polar surface area (TPSA) is 24.9 Å². The van der Waals surface area contributed by atoms with Crippen molar-refractivity contribution in [2.45, 2.75) is 89.6 Å². The van der Waals surface area contributed by atoms with E-state index >= 15 is 0 Å². The molecule has 1 heterocycles. The Bertz CT molecular complexity index is 448. The minimum atomic E-state index is 0.190. The first-order chi connectivity index (χ1) is 9.53. The number of aromatic nitrogens is 1. The molecule has 0 amide bonds. The van der Waals surface area contributed by atoms with Gasteiger partial charge < -0.3 is 5.32 Å². The zero-order valence-corrected chi connectivity index (χ0v) is 14.0. The number of rotatable bonds is 4. The number of thiazole rings is 1. The Hall–Kier alpha value is -0.410. The molecule has 0 saturated heterocycles. The van der Waals surface area contributed by atoms with Gasteiger partial charge in [-0.15, -0.1) is 11.3 Å². The summed E-state index contributed by atoms with van der Waals surface area (Å²) in [5, 5.41) is 5.09. The molecule has 0 bridgehead atoms. The Kier molecular flexibility index (Phi) is 4.19. The summed E-state index contributed by atoms with van der Waals surface area (Å²) >= 11 is 2.00. The van der Waals surface area contributed by atoms with Gasteiger partial charge in [0.05, 0.1) is 10.7 Å². The van der Waals surface area contributed by atoms with Crippen LogP contribution < -0.4 is 5.32 Å². The first kappa shape index (κ1) is 14.5. The summed E-state index contributed by atoms with van der Waals surface area (Å²) in [6.45, 7) is 7.73. The van der Waals surface area contributed by atoms with E-state index in [0.717, 1.165) is 18.4 Å². The van der Waals surface area contributed by atoms with Crippen molar-refractivity contribution < 1.29 is 0 Å². The molecule has 2 aliphatic carbocycles. The molecule has 0 aliphatic heterocycles. The van der Waals surface area contributed by atoms with Crippen LogP contribution in [0, 0.1) is 0 Å². The molecule has 20 heavy (non-hydrogen) atoms. The number of hydrogen-bond acceptors (Lipinski definition) is 3. The number of hydrogen-bond donors (Lipinski definition) is 1. The summed E-state index contributed by atoms with van der Waals surface area (Å²) in [5.74, 6) is 1.54. The van der Waals surface area contributed by atoms with Gasteiger partial charge in [0.1, 0.15) is 0 Å². The second-order valence-corrected chi connectivity index (χ2v) is 8.69. The fourth-order valence-corrected chi connectivity index (χ4v) is 4.31. The van der Waals surface area contributed by atoms with Crippen LogP contribution in [-0.4, -0.2) is 10.5 Å². The van der Waals surface area contributed by atoms with Crippen LogP contribution in [0.1, 0.15) is 93.1 Å². The van der Waals surface area contributed by atoms with E-state index in [1.807, 2.05) is 11.3 Å². The van der Waals surface area contributed by atoms with Gasteiger partial charge in [-0.1, -0.05) is 19.3 Å². The Morgan fingerprint density at radius 1 is 1.05 bits per heavy atom. The van der Waals surface area contributed by atoms with E-state index in [9.17, 15) is 0 Å². The largest absolute Gasteiger partial charge is 0.307 e. The predicted octanol–water partition coefficient (Wildman–Crippen LogP) is 4.96. The third-order valence-corrected chi connectivity index (χ3v) is 5.68. The first-order valence-electron chi connectivity index (χ1n) is 8.27. The van der Waals surface area contributed by atoms with Crippen LogP contribution in [0.3, 0.4) is 0 Å². The van der Waals surface area contributed by atoms with E-state index < -0.39 is 0 Å². The summed E-state index contributed by atoms with van der Waals surface area (Å²) in [7, 11) is 0. The fraction of sp³-hybridized carbons (Fsp3) is 0.824. The molecule has 1 N–H and O–H groups in total. The van der Waals surface area contributed by atoms with E-state index in [0.29, 0.717) is 0 Å². The zero-order valence-electron chi connectivity index (χ0n) is 13.2. The van der Waals surface area contributed by atoms with Crippen molar-refractivity contribution in [2.75, 3.05) is 0 Å². The molecule has 0 aromatic carbocycles. The van der Waals surface area contributed by atoms with Gasteiger partial charge in [-0.05, 0) is 46.5 Å². The van der Waals surface area contributed by atoms with Crippen LogP contribution in [0.5, 0.6) is 0 Å². The van der Waals surface area contributed by atoms with Crippen molar-refractivity contribution in [1.82, 2.24) is 10.3 Å². The highest BCUT2D eigenvalue weighted by Crippen LogP contribution is 2.45. The van der Waals surface area contributed by atoms with E-state index in [1.54, 1.807) is 0 Å². The van der Waals surface area contributed by atoms with Crippen molar-refractivity contribution in [2.24, 2.45) is 0 Å².